The summed E-state index contributed by atoms with van der Waals surface area (Å²) in [5.41, 5.74) is 0.985. The highest BCUT2D eigenvalue weighted by atomic mass is 16.6. The molecule has 1 aromatic rings. The van der Waals surface area contributed by atoms with Gasteiger partial charge in [0.2, 0.25) is 0 Å². The number of ether oxygens (including phenoxy) is 3. The lowest BCUT2D eigenvalue weighted by atomic mass is 10.2. The van der Waals surface area contributed by atoms with E-state index in [1.54, 1.807) is 12.1 Å². The smallest absolute Gasteiger partial charge is 0.412 e. The maximum Gasteiger partial charge on any atom is 0.412 e. The highest BCUT2D eigenvalue weighted by molar-refractivity contribution is 5.81. The first-order chi connectivity index (χ1) is 11.7. The Balaban J connectivity index is 2.29. The number of benzene rings is 1. The lowest BCUT2D eigenvalue weighted by molar-refractivity contribution is -0.137. The molecule has 0 heterocycles. The molecule has 0 aliphatic rings. The molecular formula is C18H23NO5. The first kappa shape index (κ1) is 19.4. The van der Waals surface area contributed by atoms with Crippen LogP contribution in [0.15, 0.2) is 43.0 Å². The highest BCUT2D eigenvalue weighted by Crippen LogP contribution is 2.13. The maximum absolute atomic E-state index is 11.6. The minimum absolute atomic E-state index is 0.0593. The molecule has 0 aliphatic carbocycles. The molecule has 6 nitrogen and oxygen atoms in total. The molecule has 0 unspecified atom stereocenters. The van der Waals surface area contributed by atoms with E-state index in [4.69, 9.17) is 14.2 Å². The Hall–Kier alpha value is -2.60. The predicted molar refractivity (Wildman–Crippen MR) is 91.8 cm³/mol. The van der Waals surface area contributed by atoms with Crippen molar-refractivity contribution in [2.75, 3.05) is 26.4 Å². The fourth-order valence-electron chi connectivity index (χ4n) is 1.63. The molecule has 1 aromatic carbocycles. The van der Waals surface area contributed by atoms with Crippen molar-refractivity contribution in [3.63, 3.8) is 0 Å². The molecule has 0 bridgehead atoms. The van der Waals surface area contributed by atoms with Gasteiger partial charge in [-0.15, -0.1) is 0 Å². The van der Waals surface area contributed by atoms with E-state index in [0.29, 0.717) is 12.4 Å². The SMILES string of the molecule is C=CC(=O)OCCNC(=O)Oc1ccc(/C=C/COCCC)cc1. The minimum atomic E-state index is -0.610. The van der Waals surface area contributed by atoms with Crippen LogP contribution < -0.4 is 10.1 Å². The lowest BCUT2D eigenvalue weighted by Crippen LogP contribution is -2.30. The molecule has 1 rings (SSSR count). The summed E-state index contributed by atoms with van der Waals surface area (Å²) in [6.07, 6.45) is 5.32. The second kappa shape index (κ2) is 11.9. The molecule has 0 fully saturated rings. The molecular weight excluding hydrogens is 310 g/mol. The first-order valence-electron chi connectivity index (χ1n) is 7.75. The molecule has 0 saturated heterocycles. The average Bonchev–Trinajstić information content (AvgIpc) is 2.59. The Morgan fingerprint density at radius 1 is 1.21 bits per heavy atom. The zero-order chi connectivity index (χ0) is 17.6. The van der Waals surface area contributed by atoms with Gasteiger partial charge >= 0.3 is 12.1 Å². The monoisotopic (exact) mass is 333 g/mol. The van der Waals surface area contributed by atoms with Gasteiger partial charge in [-0.25, -0.2) is 9.59 Å². The van der Waals surface area contributed by atoms with Crippen LogP contribution >= 0.6 is 0 Å². The second-order valence-corrected chi connectivity index (χ2v) is 4.73. The number of carbonyl (C=O) groups excluding carboxylic acids is 2. The Bertz CT molecular complexity index is 551. The zero-order valence-electron chi connectivity index (χ0n) is 13.8. The molecule has 0 saturated carbocycles. The highest BCUT2D eigenvalue weighted by Gasteiger charge is 2.04. The lowest BCUT2D eigenvalue weighted by Gasteiger charge is -2.07. The van der Waals surface area contributed by atoms with E-state index in [0.717, 1.165) is 24.7 Å². The largest absolute Gasteiger partial charge is 0.461 e. The first-order valence-corrected chi connectivity index (χ1v) is 7.75. The van der Waals surface area contributed by atoms with Crippen molar-refractivity contribution < 1.29 is 23.8 Å². The Morgan fingerprint density at radius 3 is 2.62 bits per heavy atom. The topological polar surface area (TPSA) is 73.9 Å². The van der Waals surface area contributed by atoms with E-state index in [2.05, 4.69) is 18.8 Å². The summed E-state index contributed by atoms with van der Waals surface area (Å²) in [5.74, 6) is -0.108. The van der Waals surface area contributed by atoms with Crippen molar-refractivity contribution >= 4 is 18.1 Å². The molecule has 1 amide bonds. The van der Waals surface area contributed by atoms with E-state index in [9.17, 15) is 9.59 Å². The van der Waals surface area contributed by atoms with Gasteiger partial charge < -0.3 is 19.5 Å². The summed E-state index contributed by atoms with van der Waals surface area (Å²) in [7, 11) is 0. The van der Waals surface area contributed by atoms with E-state index in [1.165, 1.54) is 0 Å². The minimum Gasteiger partial charge on any atom is -0.461 e. The van der Waals surface area contributed by atoms with Crippen molar-refractivity contribution in [2.24, 2.45) is 0 Å². The molecule has 1 N–H and O–H groups in total. The molecule has 0 aromatic heterocycles. The van der Waals surface area contributed by atoms with Crippen LogP contribution in [-0.2, 0) is 14.3 Å². The van der Waals surface area contributed by atoms with E-state index < -0.39 is 12.1 Å². The second-order valence-electron chi connectivity index (χ2n) is 4.73. The van der Waals surface area contributed by atoms with Crippen molar-refractivity contribution in [1.29, 1.82) is 0 Å². The molecule has 0 spiro atoms. The van der Waals surface area contributed by atoms with Gasteiger partial charge in [0.1, 0.15) is 12.4 Å². The molecule has 130 valence electrons. The van der Waals surface area contributed by atoms with Crippen LogP contribution in [0.4, 0.5) is 4.79 Å². The molecule has 6 heteroatoms. The fraction of sp³-hybridized carbons (Fsp3) is 0.333. The number of hydrogen-bond donors (Lipinski definition) is 1. The summed E-state index contributed by atoms with van der Waals surface area (Å²) in [5, 5.41) is 2.48. The number of esters is 1. The number of hydrogen-bond acceptors (Lipinski definition) is 5. The van der Waals surface area contributed by atoms with Crippen molar-refractivity contribution in [3.8, 4) is 5.75 Å². The molecule has 0 radical (unpaired) electrons. The van der Waals surface area contributed by atoms with Gasteiger partial charge in [0.05, 0.1) is 13.2 Å². The number of amides is 1. The summed E-state index contributed by atoms with van der Waals surface area (Å²) in [4.78, 5) is 22.4. The third-order valence-corrected chi connectivity index (χ3v) is 2.75. The predicted octanol–water partition coefficient (Wildman–Crippen LogP) is 2.94. The summed E-state index contributed by atoms with van der Waals surface area (Å²) < 4.78 is 15.2. The third-order valence-electron chi connectivity index (χ3n) is 2.75. The van der Waals surface area contributed by atoms with Crippen LogP contribution in [0.3, 0.4) is 0 Å². The number of nitrogens with one attached hydrogen (secondary N) is 1. The van der Waals surface area contributed by atoms with Gasteiger partial charge in [-0.05, 0) is 24.1 Å². The van der Waals surface area contributed by atoms with Gasteiger partial charge in [-0.1, -0.05) is 37.8 Å². The van der Waals surface area contributed by atoms with Crippen LogP contribution in [0.2, 0.25) is 0 Å². The Morgan fingerprint density at radius 2 is 1.96 bits per heavy atom. The summed E-state index contributed by atoms with van der Waals surface area (Å²) >= 11 is 0. The van der Waals surface area contributed by atoms with Crippen molar-refractivity contribution in [2.45, 2.75) is 13.3 Å². The summed E-state index contributed by atoms with van der Waals surface area (Å²) in [6, 6.07) is 7.07. The van der Waals surface area contributed by atoms with E-state index in [-0.39, 0.29) is 13.2 Å². The zero-order valence-corrected chi connectivity index (χ0v) is 13.8. The number of rotatable bonds is 10. The normalized spacial score (nSPS) is 10.4. The van der Waals surface area contributed by atoms with Crippen LogP contribution in [0, 0.1) is 0 Å². The molecule has 0 atom stereocenters. The van der Waals surface area contributed by atoms with Gasteiger partial charge in [0.15, 0.2) is 0 Å². The Labute approximate surface area is 142 Å². The van der Waals surface area contributed by atoms with E-state index in [1.807, 2.05) is 24.3 Å². The maximum atomic E-state index is 11.6. The molecule has 24 heavy (non-hydrogen) atoms. The van der Waals surface area contributed by atoms with Crippen molar-refractivity contribution in [1.82, 2.24) is 5.32 Å². The van der Waals surface area contributed by atoms with Crippen molar-refractivity contribution in [3.05, 3.63) is 48.6 Å². The molecule has 0 aliphatic heterocycles. The average molecular weight is 333 g/mol. The number of carbonyl (C=O) groups is 2. The quantitative estimate of drug-likeness (QED) is 0.405. The van der Waals surface area contributed by atoms with Gasteiger partial charge in [0.25, 0.3) is 0 Å². The Kier molecular flexibility index (Phi) is 9.64. The van der Waals surface area contributed by atoms with Crippen LogP contribution in [0.25, 0.3) is 6.08 Å². The van der Waals surface area contributed by atoms with Crippen LogP contribution in [0.1, 0.15) is 18.9 Å². The van der Waals surface area contributed by atoms with Gasteiger partial charge in [-0.2, -0.15) is 0 Å². The van der Waals surface area contributed by atoms with Crippen LogP contribution in [0.5, 0.6) is 5.75 Å². The van der Waals surface area contributed by atoms with Gasteiger partial charge in [-0.3, -0.25) is 0 Å². The van der Waals surface area contributed by atoms with Crippen LogP contribution in [-0.4, -0.2) is 38.4 Å². The third kappa shape index (κ3) is 8.75. The standard InChI is InChI=1S/C18H23NO5/c1-3-12-22-13-5-6-15-7-9-16(10-8-15)24-18(21)19-11-14-23-17(20)4-2/h4-10H,2-3,11-14H2,1H3,(H,19,21)/b6-5+. The van der Waals surface area contributed by atoms with E-state index >= 15 is 0 Å². The summed E-state index contributed by atoms with van der Waals surface area (Å²) in [6.45, 7) is 6.88. The van der Waals surface area contributed by atoms with Gasteiger partial charge in [0, 0.05) is 12.7 Å². The fourth-order valence-corrected chi connectivity index (χ4v) is 1.63.